The van der Waals surface area contributed by atoms with Crippen LogP contribution in [0, 0.1) is 0 Å². The Hall–Kier alpha value is -2.17. The first-order valence-electron chi connectivity index (χ1n) is 10.8. The second kappa shape index (κ2) is 7.69. The fraction of sp³-hybridized carbons (Fsp3) is 0.458. The molecule has 2 saturated heterocycles. The van der Waals surface area contributed by atoms with Crippen LogP contribution in [0.3, 0.4) is 0 Å². The molecule has 4 nitrogen and oxygen atoms in total. The second-order valence-electron chi connectivity index (χ2n) is 8.21. The van der Waals surface area contributed by atoms with E-state index in [2.05, 4.69) is 15.9 Å². The highest BCUT2D eigenvalue weighted by Crippen LogP contribution is 2.33. The van der Waals surface area contributed by atoms with Gasteiger partial charge in [0.15, 0.2) is 5.78 Å². The maximum Gasteiger partial charge on any atom is 0.195 e. The summed E-state index contributed by atoms with van der Waals surface area (Å²) in [5.41, 5.74) is 2.47. The lowest BCUT2D eigenvalue weighted by Gasteiger charge is -2.42. The van der Waals surface area contributed by atoms with Crippen molar-refractivity contribution in [3.8, 4) is 0 Å². The topological polar surface area (TPSA) is 36.7 Å². The minimum absolute atomic E-state index is 0.139. The Morgan fingerprint density at radius 3 is 2.04 bits per heavy atom. The third kappa shape index (κ3) is 3.15. The number of benzene rings is 2. The van der Waals surface area contributed by atoms with Crippen molar-refractivity contribution in [2.75, 3.05) is 26.2 Å². The predicted octanol–water partition coefficient (Wildman–Crippen LogP) is 5.07. The molecule has 0 saturated carbocycles. The first-order valence-corrected chi connectivity index (χ1v) is 10.8. The lowest BCUT2D eigenvalue weighted by Crippen LogP contribution is -2.56. The molecular weight excluding hydrogens is 348 g/mol. The SMILES string of the molecule is O=C(c1cccc2oc3ccccc3c12)C(N1CCCCC1)N1CCCCC1. The van der Waals surface area contributed by atoms with Gasteiger partial charge in [0.25, 0.3) is 0 Å². The van der Waals surface area contributed by atoms with E-state index in [4.69, 9.17) is 4.42 Å². The summed E-state index contributed by atoms with van der Waals surface area (Å²) in [6, 6.07) is 14.0. The normalized spacial score (nSPS) is 19.6. The van der Waals surface area contributed by atoms with Crippen molar-refractivity contribution in [2.45, 2.75) is 44.7 Å². The Balaban J connectivity index is 1.60. The highest BCUT2D eigenvalue weighted by Gasteiger charge is 2.35. The van der Waals surface area contributed by atoms with Gasteiger partial charge in [0.2, 0.25) is 0 Å². The number of fused-ring (bicyclic) bond motifs is 3. The Labute approximate surface area is 166 Å². The number of furan rings is 1. The Bertz CT molecular complexity index is 963. The van der Waals surface area contributed by atoms with E-state index in [1.54, 1.807) is 0 Å². The molecule has 1 aromatic heterocycles. The van der Waals surface area contributed by atoms with Gasteiger partial charge in [-0.15, -0.1) is 0 Å². The molecular formula is C24H28N2O2. The van der Waals surface area contributed by atoms with Crippen molar-refractivity contribution < 1.29 is 9.21 Å². The molecule has 0 N–H and O–H groups in total. The first kappa shape index (κ1) is 17.9. The van der Waals surface area contributed by atoms with Crippen LogP contribution in [0.15, 0.2) is 46.9 Å². The molecule has 0 atom stereocenters. The molecule has 0 bridgehead atoms. The molecule has 0 unspecified atom stereocenters. The number of ketones is 1. The van der Waals surface area contributed by atoms with Gasteiger partial charge in [-0.05, 0) is 37.8 Å². The molecule has 2 aromatic carbocycles. The number of rotatable bonds is 4. The number of carbonyl (C=O) groups excluding carboxylic acids is 1. The summed E-state index contributed by atoms with van der Waals surface area (Å²) < 4.78 is 6.03. The molecule has 2 aliphatic rings. The molecule has 2 aliphatic heterocycles. The van der Waals surface area contributed by atoms with E-state index in [0.717, 1.165) is 53.7 Å². The molecule has 0 aliphatic carbocycles. The largest absolute Gasteiger partial charge is 0.456 e. The van der Waals surface area contributed by atoms with Crippen molar-refractivity contribution in [1.29, 1.82) is 0 Å². The maximum atomic E-state index is 14.0. The smallest absolute Gasteiger partial charge is 0.195 e. The minimum Gasteiger partial charge on any atom is -0.456 e. The third-order valence-corrected chi connectivity index (χ3v) is 6.38. The lowest BCUT2D eigenvalue weighted by molar-refractivity contribution is 0.0195. The van der Waals surface area contributed by atoms with Crippen molar-refractivity contribution in [3.05, 3.63) is 48.0 Å². The molecule has 5 rings (SSSR count). The van der Waals surface area contributed by atoms with Gasteiger partial charge in [0.1, 0.15) is 17.3 Å². The molecule has 28 heavy (non-hydrogen) atoms. The van der Waals surface area contributed by atoms with Gasteiger partial charge >= 0.3 is 0 Å². The monoisotopic (exact) mass is 376 g/mol. The molecule has 0 amide bonds. The van der Waals surface area contributed by atoms with Crippen molar-refractivity contribution >= 4 is 27.7 Å². The molecule has 3 heterocycles. The van der Waals surface area contributed by atoms with Gasteiger partial charge in [0.05, 0.1) is 0 Å². The van der Waals surface area contributed by atoms with E-state index in [-0.39, 0.29) is 11.9 Å². The standard InChI is InChI=1S/C24H28N2O2/c27-23(24(25-14-5-1-6-15-25)26-16-7-2-8-17-26)19-11-9-13-21-22(19)18-10-3-4-12-20(18)28-21/h3-4,9-13,24H,1-2,5-8,14-17H2. The fourth-order valence-electron chi connectivity index (χ4n) is 5.01. The summed E-state index contributed by atoms with van der Waals surface area (Å²) in [5, 5.41) is 2.01. The number of Topliss-reactive ketones (excluding diaryl/α,β-unsaturated/α-hetero) is 1. The number of carbonyl (C=O) groups is 1. The van der Waals surface area contributed by atoms with Gasteiger partial charge < -0.3 is 4.42 Å². The fourth-order valence-corrected chi connectivity index (χ4v) is 5.01. The Morgan fingerprint density at radius 1 is 0.750 bits per heavy atom. The van der Waals surface area contributed by atoms with Crippen molar-refractivity contribution in [2.24, 2.45) is 0 Å². The van der Waals surface area contributed by atoms with Gasteiger partial charge in [-0.1, -0.05) is 43.2 Å². The zero-order chi connectivity index (χ0) is 18.9. The molecule has 4 heteroatoms. The van der Waals surface area contributed by atoms with Crippen molar-refractivity contribution in [1.82, 2.24) is 9.80 Å². The number of nitrogens with zero attached hydrogens (tertiary/aromatic N) is 2. The minimum atomic E-state index is -0.139. The summed E-state index contributed by atoms with van der Waals surface area (Å²) >= 11 is 0. The Kier molecular flexibility index (Phi) is 4.91. The van der Waals surface area contributed by atoms with E-state index in [1.807, 2.05) is 36.4 Å². The van der Waals surface area contributed by atoms with Crippen LogP contribution in [-0.4, -0.2) is 47.9 Å². The quantitative estimate of drug-likeness (QED) is 0.596. The van der Waals surface area contributed by atoms with Crippen LogP contribution in [0.1, 0.15) is 48.9 Å². The van der Waals surface area contributed by atoms with Crippen LogP contribution < -0.4 is 0 Å². The number of likely N-dealkylation sites (tertiary alicyclic amines) is 2. The summed E-state index contributed by atoms with van der Waals surface area (Å²) in [7, 11) is 0. The van der Waals surface area contributed by atoms with Crippen molar-refractivity contribution in [3.63, 3.8) is 0 Å². The van der Waals surface area contributed by atoms with E-state index in [0.29, 0.717) is 0 Å². The average Bonchev–Trinajstić information content (AvgIpc) is 3.14. The molecule has 146 valence electrons. The molecule has 2 fully saturated rings. The van der Waals surface area contributed by atoms with E-state index in [9.17, 15) is 4.79 Å². The summed E-state index contributed by atoms with van der Waals surface area (Å²) in [5.74, 6) is 0.237. The molecule has 0 spiro atoms. The lowest BCUT2D eigenvalue weighted by atomic mass is 9.98. The first-order chi connectivity index (χ1) is 13.8. The zero-order valence-electron chi connectivity index (χ0n) is 16.4. The van der Waals surface area contributed by atoms with Gasteiger partial charge in [-0.2, -0.15) is 0 Å². The van der Waals surface area contributed by atoms with Gasteiger partial charge in [0, 0.05) is 42.5 Å². The van der Waals surface area contributed by atoms with Crippen LogP contribution in [-0.2, 0) is 0 Å². The van der Waals surface area contributed by atoms with Crippen LogP contribution in [0.25, 0.3) is 21.9 Å². The second-order valence-corrected chi connectivity index (χ2v) is 8.21. The maximum absolute atomic E-state index is 14.0. The third-order valence-electron chi connectivity index (χ3n) is 6.38. The van der Waals surface area contributed by atoms with E-state index in [1.165, 1.54) is 38.5 Å². The molecule has 3 aromatic rings. The van der Waals surface area contributed by atoms with Crippen LogP contribution >= 0.6 is 0 Å². The van der Waals surface area contributed by atoms with Crippen LogP contribution in [0.5, 0.6) is 0 Å². The number of para-hydroxylation sites is 1. The summed E-state index contributed by atoms with van der Waals surface area (Å²) in [6.45, 7) is 4.09. The highest BCUT2D eigenvalue weighted by molar-refractivity contribution is 6.18. The van der Waals surface area contributed by atoms with Crippen LogP contribution in [0.2, 0.25) is 0 Å². The summed E-state index contributed by atoms with van der Waals surface area (Å²) in [6.07, 6.45) is 7.18. The van der Waals surface area contributed by atoms with E-state index >= 15 is 0 Å². The van der Waals surface area contributed by atoms with Gasteiger partial charge in [-0.25, -0.2) is 0 Å². The predicted molar refractivity (Wildman–Crippen MR) is 113 cm³/mol. The summed E-state index contributed by atoms with van der Waals surface area (Å²) in [4.78, 5) is 18.8. The van der Waals surface area contributed by atoms with Crippen LogP contribution in [0.4, 0.5) is 0 Å². The van der Waals surface area contributed by atoms with Gasteiger partial charge in [-0.3, -0.25) is 14.6 Å². The number of piperidine rings is 2. The number of hydrogen-bond acceptors (Lipinski definition) is 4. The Morgan fingerprint density at radius 2 is 1.36 bits per heavy atom. The zero-order valence-corrected chi connectivity index (χ0v) is 16.4. The van der Waals surface area contributed by atoms with E-state index < -0.39 is 0 Å². The highest BCUT2D eigenvalue weighted by atomic mass is 16.3. The molecule has 0 radical (unpaired) electrons. The average molecular weight is 377 g/mol. The number of hydrogen-bond donors (Lipinski definition) is 0.